The smallest absolute Gasteiger partial charge is 0.435 e. The molecule has 0 saturated heterocycles. The summed E-state index contributed by atoms with van der Waals surface area (Å²) in [5.41, 5.74) is -4.11. The lowest BCUT2D eigenvalue weighted by Gasteiger charge is -2.12. The molecule has 4 aromatic rings. The number of benzene rings is 2. The zero-order valence-corrected chi connectivity index (χ0v) is 17.9. The number of hydrogen-bond acceptors (Lipinski definition) is 4. The van der Waals surface area contributed by atoms with Gasteiger partial charge in [0.2, 0.25) is 0 Å². The van der Waals surface area contributed by atoms with Crippen LogP contribution in [0.5, 0.6) is 5.75 Å². The summed E-state index contributed by atoms with van der Waals surface area (Å²) in [5, 5.41) is 16.0. The molecule has 0 saturated carbocycles. The van der Waals surface area contributed by atoms with E-state index in [1.165, 1.54) is 13.0 Å². The Morgan fingerprint density at radius 1 is 1.09 bits per heavy atom. The van der Waals surface area contributed by atoms with E-state index in [9.17, 15) is 36.2 Å². The van der Waals surface area contributed by atoms with Crippen LogP contribution >= 0.6 is 0 Å². The number of furan rings is 2. The Bertz CT molecular complexity index is 1380. The van der Waals surface area contributed by atoms with Crippen molar-refractivity contribution in [3.63, 3.8) is 0 Å². The Hall–Kier alpha value is -3.70. The van der Waals surface area contributed by atoms with E-state index in [1.807, 2.05) is 0 Å². The number of amides is 1. The van der Waals surface area contributed by atoms with Crippen LogP contribution in [0.2, 0.25) is 0 Å². The first kappa shape index (κ1) is 23.5. The zero-order valence-electron chi connectivity index (χ0n) is 17.9. The third-order valence-corrected chi connectivity index (χ3v) is 5.12. The first-order valence-electron chi connectivity index (χ1n) is 9.91. The van der Waals surface area contributed by atoms with Gasteiger partial charge in [-0.05, 0) is 44.5 Å². The molecule has 0 unspecified atom stereocenters. The number of phenolic OH excluding ortho intramolecular Hbond substituents is 1. The zero-order chi connectivity index (χ0) is 25.2. The minimum absolute atomic E-state index is 0.209. The van der Waals surface area contributed by atoms with Gasteiger partial charge in [-0.1, -0.05) is 0 Å². The maximum absolute atomic E-state index is 13.8. The molecule has 3 aromatic heterocycles. The van der Waals surface area contributed by atoms with Crippen molar-refractivity contribution in [2.24, 2.45) is 0 Å². The molecular formula is C22H17F6N3O3. The molecule has 0 radical (unpaired) electrons. The fraction of sp³-hybridized carbons (Fsp3) is 0.273. The van der Waals surface area contributed by atoms with Crippen LogP contribution < -0.4 is 5.32 Å². The van der Waals surface area contributed by atoms with Gasteiger partial charge in [0.1, 0.15) is 5.58 Å². The molecular weight excluding hydrogens is 468 g/mol. The Kier molecular flexibility index (Phi) is 5.29. The van der Waals surface area contributed by atoms with E-state index < -0.39 is 46.9 Å². The van der Waals surface area contributed by atoms with E-state index in [2.05, 4.69) is 10.4 Å². The highest BCUT2D eigenvalue weighted by atomic mass is 19.4. The van der Waals surface area contributed by atoms with Crippen LogP contribution in [0, 0.1) is 6.92 Å². The first-order chi connectivity index (χ1) is 15.7. The van der Waals surface area contributed by atoms with Crippen molar-refractivity contribution in [3.8, 4) is 16.9 Å². The molecule has 4 rings (SSSR count). The summed E-state index contributed by atoms with van der Waals surface area (Å²) in [6, 6.07) is 3.47. The monoisotopic (exact) mass is 485 g/mol. The van der Waals surface area contributed by atoms with Crippen LogP contribution in [0.4, 0.5) is 32.0 Å². The fourth-order valence-corrected chi connectivity index (χ4v) is 3.66. The van der Waals surface area contributed by atoms with Gasteiger partial charge in [0.25, 0.3) is 5.91 Å². The van der Waals surface area contributed by atoms with Gasteiger partial charge in [0.05, 0.1) is 11.1 Å². The maximum Gasteiger partial charge on any atom is 0.435 e. The molecule has 6 nitrogen and oxygen atoms in total. The maximum atomic E-state index is 13.8. The second-order valence-corrected chi connectivity index (χ2v) is 8.08. The largest absolute Gasteiger partial charge is 0.504 e. The second-order valence-electron chi connectivity index (χ2n) is 8.08. The van der Waals surface area contributed by atoms with Crippen molar-refractivity contribution >= 4 is 22.8 Å². The topological polar surface area (TPSA) is 80.3 Å². The number of rotatable bonds is 4. The fourth-order valence-electron chi connectivity index (χ4n) is 3.66. The van der Waals surface area contributed by atoms with Gasteiger partial charge in [0, 0.05) is 35.1 Å². The van der Waals surface area contributed by atoms with Gasteiger partial charge in [-0.15, -0.1) is 0 Å². The number of hydrogen-bond donors (Lipinski definition) is 2. The van der Waals surface area contributed by atoms with Crippen LogP contribution in [0.15, 0.2) is 34.9 Å². The van der Waals surface area contributed by atoms with Gasteiger partial charge >= 0.3 is 12.4 Å². The lowest BCUT2D eigenvalue weighted by molar-refractivity contribution is -0.141. The van der Waals surface area contributed by atoms with Crippen LogP contribution in [0.25, 0.3) is 22.3 Å². The number of aromatic hydroxyl groups is 1. The molecule has 0 aliphatic heterocycles. The number of anilines is 1. The summed E-state index contributed by atoms with van der Waals surface area (Å²) in [7, 11) is 0. The summed E-state index contributed by atoms with van der Waals surface area (Å²) in [5.74, 6) is -1.49. The predicted octanol–water partition coefficient (Wildman–Crippen LogP) is 6.62. The molecule has 1 aromatic carbocycles. The first-order valence-corrected chi connectivity index (χ1v) is 9.91. The predicted molar refractivity (Wildman–Crippen MR) is 110 cm³/mol. The number of carbonyl (C=O) groups is 1. The number of nitrogens with zero attached hydrogens (tertiary/aromatic N) is 2. The number of carbonyl (C=O) groups excluding carboxylic acids is 1. The molecule has 34 heavy (non-hydrogen) atoms. The number of fused-ring (bicyclic) bond motifs is 2. The van der Waals surface area contributed by atoms with Gasteiger partial charge in [-0.2, -0.15) is 31.4 Å². The van der Waals surface area contributed by atoms with Crippen molar-refractivity contribution in [2.75, 3.05) is 5.32 Å². The Morgan fingerprint density at radius 2 is 1.76 bits per heavy atom. The molecule has 180 valence electrons. The molecule has 0 aliphatic rings. The van der Waals surface area contributed by atoms with Crippen molar-refractivity contribution in [1.29, 1.82) is 0 Å². The molecule has 0 fully saturated rings. The highest BCUT2D eigenvalue weighted by Crippen LogP contribution is 2.47. The molecule has 12 heteroatoms. The number of nitrogens with one attached hydrogen (secondary N) is 1. The minimum atomic E-state index is -4.89. The highest BCUT2D eigenvalue weighted by molar-refractivity contribution is 6.17. The lowest BCUT2D eigenvalue weighted by atomic mass is 9.98. The van der Waals surface area contributed by atoms with Crippen LogP contribution in [-0.4, -0.2) is 20.8 Å². The molecule has 2 N–H and O–H groups in total. The summed E-state index contributed by atoms with van der Waals surface area (Å²) < 4.78 is 87.1. The normalized spacial score (nSPS) is 12.8. The summed E-state index contributed by atoms with van der Waals surface area (Å²) in [6.07, 6.45) is -8.48. The summed E-state index contributed by atoms with van der Waals surface area (Å²) in [4.78, 5) is 13.1. The third-order valence-electron chi connectivity index (χ3n) is 5.12. The summed E-state index contributed by atoms with van der Waals surface area (Å²) in [6.45, 7) is 4.61. The van der Waals surface area contributed by atoms with Gasteiger partial charge in [-0.3, -0.25) is 9.48 Å². The standard InChI is InChI=1S/C22H17F6N3O3/c1-9(2)31-8-13(19(30-31)22(26,27)28)16-17(15-7-14(32)18(16)34-15)20(33)29-12-5-10(3)4-11(6-12)21(23,24)25/h4-9,32H,1-3H3,(H,29,33). The van der Waals surface area contributed by atoms with Gasteiger partial charge in [0.15, 0.2) is 17.0 Å². The quantitative estimate of drug-likeness (QED) is 0.319. The molecule has 3 heterocycles. The van der Waals surface area contributed by atoms with E-state index in [-0.39, 0.29) is 33.5 Å². The molecule has 2 bridgehead atoms. The Labute approximate surface area is 188 Å². The van der Waals surface area contributed by atoms with Crippen LogP contribution in [0.1, 0.15) is 47.1 Å². The molecule has 0 aliphatic carbocycles. The number of aromatic nitrogens is 2. The number of phenols is 1. The van der Waals surface area contributed by atoms with Crippen LogP contribution in [-0.2, 0) is 12.4 Å². The minimum Gasteiger partial charge on any atom is -0.504 e. The molecule has 1 amide bonds. The molecule has 0 spiro atoms. The average Bonchev–Trinajstić information content (AvgIpc) is 3.37. The van der Waals surface area contributed by atoms with E-state index >= 15 is 0 Å². The van der Waals surface area contributed by atoms with E-state index in [4.69, 9.17) is 4.42 Å². The van der Waals surface area contributed by atoms with Crippen molar-refractivity contribution < 1.29 is 40.7 Å². The highest BCUT2D eigenvalue weighted by Gasteiger charge is 2.41. The van der Waals surface area contributed by atoms with E-state index in [0.29, 0.717) is 6.07 Å². The average molecular weight is 485 g/mol. The van der Waals surface area contributed by atoms with Crippen LogP contribution in [0.3, 0.4) is 0 Å². The summed E-state index contributed by atoms with van der Waals surface area (Å²) >= 11 is 0. The number of halogens is 6. The Morgan fingerprint density at radius 3 is 2.35 bits per heavy atom. The number of alkyl halides is 6. The van der Waals surface area contributed by atoms with Crippen molar-refractivity contribution in [3.05, 3.63) is 52.8 Å². The Balaban J connectivity index is 1.85. The second kappa shape index (κ2) is 7.67. The van der Waals surface area contributed by atoms with Gasteiger partial charge in [-0.25, -0.2) is 0 Å². The van der Waals surface area contributed by atoms with Crippen molar-refractivity contribution in [2.45, 2.75) is 39.2 Å². The number of aryl methyl sites for hydroxylation is 1. The SMILES string of the molecule is Cc1cc(NC(=O)c2c(-c3cn(C(C)C)nc3C(F)(F)F)c3oc2cc3O)cc(C(F)(F)F)c1. The van der Waals surface area contributed by atoms with Gasteiger partial charge < -0.3 is 14.8 Å². The molecule has 0 atom stereocenters. The third kappa shape index (κ3) is 4.03. The van der Waals surface area contributed by atoms with Crippen molar-refractivity contribution in [1.82, 2.24) is 9.78 Å². The lowest BCUT2D eigenvalue weighted by Crippen LogP contribution is -2.15. The van der Waals surface area contributed by atoms with E-state index in [1.54, 1.807) is 13.8 Å². The van der Waals surface area contributed by atoms with E-state index in [0.717, 1.165) is 23.0 Å².